The van der Waals surface area contributed by atoms with Crippen molar-refractivity contribution in [1.82, 2.24) is 0 Å². The van der Waals surface area contributed by atoms with Gasteiger partial charge in [0.05, 0.1) is 42.1 Å². The normalized spacial score (nSPS) is 11.2. The minimum Gasteiger partial charge on any atom is -0.478 e. The Morgan fingerprint density at radius 1 is 0.491 bits per heavy atom. The zero-order chi connectivity index (χ0) is 42.6. The lowest BCUT2D eigenvalue weighted by Gasteiger charge is -2.20. The van der Waals surface area contributed by atoms with Crippen LogP contribution in [-0.2, 0) is 14.2 Å². The monoisotopic (exact) mass is 795 g/mol. The minimum atomic E-state index is -1.07. The Morgan fingerprint density at radius 3 is 1.25 bits per heavy atom. The van der Waals surface area contributed by atoms with Gasteiger partial charge in [0.25, 0.3) is 0 Å². The first-order valence-electron chi connectivity index (χ1n) is 22.2. The van der Waals surface area contributed by atoms with E-state index in [1.54, 1.807) is 30.3 Å². The minimum absolute atomic E-state index is 0.0188. The molecule has 2 aromatic rings. The molecule has 0 radical (unpaired) electrons. The van der Waals surface area contributed by atoms with Crippen LogP contribution in [0.5, 0.6) is 0 Å². The molecule has 0 spiro atoms. The molecule has 0 aromatic heterocycles. The average molecular weight is 795 g/mol. The molecule has 2 aromatic carbocycles. The van der Waals surface area contributed by atoms with E-state index in [4.69, 9.17) is 14.2 Å². The summed E-state index contributed by atoms with van der Waals surface area (Å²) in [5.74, 6) is -0.745. The van der Waals surface area contributed by atoms with E-state index in [1.165, 1.54) is 64.2 Å². The van der Waals surface area contributed by atoms with E-state index in [0.717, 1.165) is 67.9 Å². The highest BCUT2D eigenvalue weighted by Gasteiger charge is 2.26. The fourth-order valence-electron chi connectivity index (χ4n) is 6.80. The number of rotatable bonds is 28. The van der Waals surface area contributed by atoms with Crippen molar-refractivity contribution in [1.29, 1.82) is 0 Å². The third kappa shape index (κ3) is 21.6. The molecule has 0 saturated heterocycles. The summed E-state index contributed by atoms with van der Waals surface area (Å²) < 4.78 is 16.2. The van der Waals surface area contributed by atoms with Gasteiger partial charge in [-0.25, -0.2) is 19.2 Å². The maximum Gasteiger partial charge on any atom is 0.339 e. The first kappa shape index (κ1) is 51.3. The summed E-state index contributed by atoms with van der Waals surface area (Å²) in [4.78, 5) is 49.2. The van der Waals surface area contributed by atoms with Crippen molar-refractivity contribution in [2.75, 3.05) is 19.8 Å². The highest BCUT2D eigenvalue weighted by molar-refractivity contribution is 6.04. The average Bonchev–Trinajstić information content (AvgIpc) is 3.17. The van der Waals surface area contributed by atoms with Crippen LogP contribution in [0.3, 0.4) is 0 Å². The van der Waals surface area contributed by atoms with E-state index in [0.29, 0.717) is 30.9 Å². The van der Waals surface area contributed by atoms with Crippen LogP contribution in [0.15, 0.2) is 36.4 Å². The summed E-state index contributed by atoms with van der Waals surface area (Å²) in [6, 6.07) is 10.2. The number of carbonyl (C=O) groups excluding carboxylic acids is 3. The molecule has 0 unspecified atom stereocenters. The van der Waals surface area contributed by atoms with Gasteiger partial charge in [-0.15, -0.1) is 0 Å². The predicted octanol–water partition coefficient (Wildman–Crippen LogP) is 13.8. The van der Waals surface area contributed by atoms with Crippen molar-refractivity contribution in [3.63, 3.8) is 0 Å². The Morgan fingerprint density at radius 2 is 0.877 bits per heavy atom. The lowest BCUT2D eigenvalue weighted by atomic mass is 9.84. The number of hydrogen-bond donors (Lipinski definition) is 1. The van der Waals surface area contributed by atoms with Gasteiger partial charge < -0.3 is 19.3 Å². The lowest BCUT2D eigenvalue weighted by Crippen LogP contribution is -2.17. The van der Waals surface area contributed by atoms with Gasteiger partial charge in [-0.05, 0) is 72.3 Å². The smallest absolute Gasteiger partial charge is 0.339 e. The Labute approximate surface area is 346 Å². The quantitative estimate of drug-likeness (QED) is 0.0514. The molecule has 322 valence electrons. The van der Waals surface area contributed by atoms with Crippen molar-refractivity contribution in [2.45, 2.75) is 183 Å². The number of aromatic carboxylic acids is 1. The van der Waals surface area contributed by atoms with E-state index in [1.807, 2.05) is 33.8 Å². The number of ether oxygens (including phenoxy) is 3. The van der Waals surface area contributed by atoms with Gasteiger partial charge in [0.1, 0.15) is 0 Å². The maximum atomic E-state index is 12.5. The molecule has 1 N–H and O–H groups in total. The van der Waals surface area contributed by atoms with Crippen LogP contribution in [0.1, 0.15) is 236 Å². The standard InChI is InChI=1S/C28H46O4.C21H32O4/c1-23(2)17-11-7-5-9-15-21-31-27(29)25-19-13-14-20-26(25)28(30)32-22-16-10-6-8-12-18-24(3)4;1-6-7-8-9-10-13-25-21(24)17-12-11-16(14(2)3)18(15(4)5)19(17)20(22)23/h13-14,19-20,23-24H,5-12,15-18,21-22H2,1-4H3;11-12,14-15H,6-10,13H2,1-5H3,(H,22,23). The summed E-state index contributed by atoms with van der Waals surface area (Å²) in [5.41, 5.74) is 2.56. The molecule has 0 heterocycles. The predicted molar refractivity (Wildman–Crippen MR) is 233 cm³/mol. The van der Waals surface area contributed by atoms with Crippen LogP contribution in [0.2, 0.25) is 0 Å². The Kier molecular flexibility index (Phi) is 27.4. The molecule has 2 rings (SSSR count). The molecule has 0 amide bonds. The Hall–Kier alpha value is -3.68. The molecule has 0 fully saturated rings. The highest BCUT2D eigenvalue weighted by atomic mass is 16.5. The molecule has 0 aliphatic heterocycles. The van der Waals surface area contributed by atoms with Gasteiger partial charge in [-0.3, -0.25) is 0 Å². The number of carboxylic acid groups (broad SMARTS) is 1. The number of hydrogen-bond acceptors (Lipinski definition) is 7. The van der Waals surface area contributed by atoms with Gasteiger partial charge in [0.2, 0.25) is 0 Å². The second-order valence-electron chi connectivity index (χ2n) is 16.9. The van der Waals surface area contributed by atoms with E-state index in [2.05, 4.69) is 34.6 Å². The van der Waals surface area contributed by atoms with Crippen LogP contribution < -0.4 is 0 Å². The maximum absolute atomic E-state index is 12.5. The lowest BCUT2D eigenvalue weighted by molar-refractivity contribution is 0.0450. The van der Waals surface area contributed by atoms with Crippen molar-refractivity contribution < 1.29 is 38.5 Å². The van der Waals surface area contributed by atoms with Gasteiger partial charge in [0.15, 0.2) is 0 Å². The molecule has 0 saturated carbocycles. The fraction of sp³-hybridized carbons (Fsp3) is 0.673. The third-order valence-electron chi connectivity index (χ3n) is 10.1. The number of carboxylic acids is 1. The summed E-state index contributed by atoms with van der Waals surface area (Å²) in [7, 11) is 0. The van der Waals surface area contributed by atoms with Crippen LogP contribution in [-0.4, -0.2) is 48.8 Å². The Bertz CT molecular complexity index is 1390. The zero-order valence-corrected chi connectivity index (χ0v) is 37.2. The topological polar surface area (TPSA) is 116 Å². The third-order valence-corrected chi connectivity index (χ3v) is 10.1. The summed E-state index contributed by atoms with van der Waals surface area (Å²) in [6.45, 7) is 20.3. The number of esters is 3. The van der Waals surface area contributed by atoms with Gasteiger partial charge in [0, 0.05) is 0 Å². The SMILES string of the molecule is CC(C)CCCCCCCOC(=O)c1ccccc1C(=O)OCCCCCCCC(C)C.CCCCCCCOC(=O)c1ccc(C(C)C)c(C(C)C)c1C(=O)O. The van der Waals surface area contributed by atoms with E-state index >= 15 is 0 Å². The van der Waals surface area contributed by atoms with Crippen LogP contribution in [0.25, 0.3) is 0 Å². The number of carbonyl (C=O) groups is 4. The summed E-state index contributed by atoms with van der Waals surface area (Å²) in [5, 5.41) is 9.71. The molecule has 57 heavy (non-hydrogen) atoms. The summed E-state index contributed by atoms with van der Waals surface area (Å²) >= 11 is 0. The van der Waals surface area contributed by atoms with Crippen LogP contribution in [0, 0.1) is 11.8 Å². The van der Waals surface area contributed by atoms with Crippen molar-refractivity contribution in [3.05, 3.63) is 69.8 Å². The molecule has 0 atom stereocenters. The summed E-state index contributed by atoms with van der Waals surface area (Å²) in [6.07, 6.45) is 19.1. The molecule has 8 nitrogen and oxygen atoms in total. The number of unbranched alkanes of at least 4 members (excludes halogenated alkanes) is 12. The van der Waals surface area contributed by atoms with Gasteiger partial charge in [-0.2, -0.15) is 0 Å². The zero-order valence-electron chi connectivity index (χ0n) is 37.2. The molecular formula is C49H78O8. The van der Waals surface area contributed by atoms with E-state index < -0.39 is 23.9 Å². The molecule has 0 aliphatic rings. The first-order valence-corrected chi connectivity index (χ1v) is 22.2. The van der Waals surface area contributed by atoms with Crippen LogP contribution in [0.4, 0.5) is 0 Å². The van der Waals surface area contributed by atoms with E-state index in [-0.39, 0.29) is 23.0 Å². The fourth-order valence-corrected chi connectivity index (χ4v) is 6.80. The van der Waals surface area contributed by atoms with Crippen LogP contribution >= 0.6 is 0 Å². The van der Waals surface area contributed by atoms with Gasteiger partial charge >= 0.3 is 23.9 Å². The van der Waals surface area contributed by atoms with Gasteiger partial charge in [-0.1, -0.05) is 170 Å². The van der Waals surface area contributed by atoms with Crippen molar-refractivity contribution in [2.24, 2.45) is 11.8 Å². The molecule has 0 bridgehead atoms. The molecule has 8 heteroatoms. The number of benzene rings is 2. The van der Waals surface area contributed by atoms with Crippen molar-refractivity contribution in [3.8, 4) is 0 Å². The largest absolute Gasteiger partial charge is 0.478 e. The molecular weight excluding hydrogens is 717 g/mol. The second-order valence-corrected chi connectivity index (χ2v) is 16.9. The Balaban J connectivity index is 0.000000587. The van der Waals surface area contributed by atoms with Crippen molar-refractivity contribution >= 4 is 23.9 Å². The second kappa shape index (κ2) is 30.4. The highest BCUT2D eigenvalue weighted by Crippen LogP contribution is 2.32. The molecule has 0 aliphatic carbocycles. The van der Waals surface area contributed by atoms with E-state index in [9.17, 15) is 24.3 Å². The first-order chi connectivity index (χ1) is 27.2.